The third-order valence-corrected chi connectivity index (χ3v) is 10.6. The second-order valence-electron chi connectivity index (χ2n) is 12.7. The first-order chi connectivity index (χ1) is 22.0. The molecular weight excluding hydrogens is 599 g/mol. The van der Waals surface area contributed by atoms with E-state index < -0.39 is 35.2 Å². The SMILES string of the molecule is CN(C(=O)C#Cc1ccc(C(F)(F)F)cc1)[C@@H]1CC[C@H]2[C@H]3Cc4ccc(O)c5c4[C@@]2(CCN3CC(c2ccccc2)[N+](=O)[O-])[C@H]1O5. The highest BCUT2D eigenvalue weighted by Gasteiger charge is 2.66. The van der Waals surface area contributed by atoms with Crippen molar-refractivity contribution in [3.05, 3.63) is 105 Å². The van der Waals surface area contributed by atoms with E-state index in [1.54, 1.807) is 30.1 Å². The Morgan fingerprint density at radius 2 is 1.89 bits per heavy atom. The van der Waals surface area contributed by atoms with Gasteiger partial charge in [-0.25, -0.2) is 0 Å². The van der Waals surface area contributed by atoms with Crippen molar-refractivity contribution in [1.82, 2.24) is 9.80 Å². The smallest absolute Gasteiger partial charge is 0.416 e. The normalized spacial score (nSPS) is 26.6. The molecule has 1 unspecified atom stereocenters. The van der Waals surface area contributed by atoms with E-state index in [0.29, 0.717) is 42.7 Å². The first-order valence-corrected chi connectivity index (χ1v) is 15.4. The van der Waals surface area contributed by atoms with Gasteiger partial charge in [0, 0.05) is 46.0 Å². The molecule has 6 atom stereocenters. The van der Waals surface area contributed by atoms with Gasteiger partial charge in [-0.05, 0) is 74.0 Å². The fourth-order valence-electron chi connectivity index (χ4n) is 8.52. The number of hydrogen-bond acceptors (Lipinski definition) is 6. The molecule has 2 bridgehead atoms. The Hall–Kier alpha value is -4.56. The third-order valence-electron chi connectivity index (χ3n) is 10.6. The molecule has 4 aliphatic rings. The quantitative estimate of drug-likeness (QED) is 0.232. The fourth-order valence-corrected chi connectivity index (χ4v) is 8.52. The van der Waals surface area contributed by atoms with Crippen LogP contribution >= 0.6 is 0 Å². The van der Waals surface area contributed by atoms with Crippen LogP contribution in [0.1, 0.15) is 53.1 Å². The minimum atomic E-state index is -4.46. The molecule has 1 spiro atoms. The van der Waals surface area contributed by atoms with Crippen molar-refractivity contribution < 1.29 is 32.7 Å². The first-order valence-electron chi connectivity index (χ1n) is 15.4. The molecule has 1 amide bonds. The Kier molecular flexibility index (Phi) is 7.24. The van der Waals surface area contributed by atoms with Gasteiger partial charge in [-0.2, -0.15) is 13.2 Å². The molecule has 1 saturated carbocycles. The molecule has 3 aromatic carbocycles. The molecule has 7 rings (SSSR count). The molecular formula is C35H32F3N3O5. The summed E-state index contributed by atoms with van der Waals surface area (Å²) < 4.78 is 45.4. The van der Waals surface area contributed by atoms with Crippen molar-refractivity contribution in [2.24, 2.45) is 5.92 Å². The molecule has 3 aromatic rings. The molecule has 0 aromatic heterocycles. The van der Waals surface area contributed by atoms with Crippen molar-refractivity contribution in [3.63, 3.8) is 0 Å². The van der Waals surface area contributed by atoms with Gasteiger partial charge < -0.3 is 14.7 Å². The van der Waals surface area contributed by atoms with Crippen LogP contribution in [0.25, 0.3) is 0 Å². The Bertz CT molecular complexity index is 1750. The van der Waals surface area contributed by atoms with Gasteiger partial charge in [-0.3, -0.25) is 19.8 Å². The predicted octanol–water partition coefficient (Wildman–Crippen LogP) is 5.35. The summed E-state index contributed by atoms with van der Waals surface area (Å²) in [6, 6.07) is 15.8. The lowest BCUT2D eigenvalue weighted by atomic mass is 9.51. The molecule has 2 heterocycles. The summed E-state index contributed by atoms with van der Waals surface area (Å²) in [6.45, 7) is 0.881. The summed E-state index contributed by atoms with van der Waals surface area (Å²) >= 11 is 0. The number of nitrogens with zero attached hydrogens (tertiary/aromatic N) is 3. The number of carbonyl (C=O) groups is 1. The number of piperidine rings is 1. The molecule has 238 valence electrons. The van der Waals surface area contributed by atoms with E-state index in [2.05, 4.69) is 16.7 Å². The summed E-state index contributed by atoms with van der Waals surface area (Å²) in [4.78, 5) is 29.2. The van der Waals surface area contributed by atoms with Gasteiger partial charge in [0.15, 0.2) is 11.5 Å². The third kappa shape index (κ3) is 4.78. The van der Waals surface area contributed by atoms with Crippen LogP contribution in [0.5, 0.6) is 11.5 Å². The molecule has 1 N–H and O–H groups in total. The molecule has 1 saturated heterocycles. The van der Waals surface area contributed by atoms with Crippen molar-refractivity contribution >= 4 is 5.91 Å². The van der Waals surface area contributed by atoms with E-state index in [4.69, 9.17) is 4.74 Å². The maximum absolute atomic E-state index is 13.4. The van der Waals surface area contributed by atoms with Gasteiger partial charge in [0.25, 0.3) is 11.9 Å². The Labute approximate surface area is 263 Å². The molecule has 2 fully saturated rings. The van der Waals surface area contributed by atoms with Crippen molar-refractivity contribution in [2.75, 3.05) is 20.1 Å². The summed E-state index contributed by atoms with van der Waals surface area (Å²) in [5, 5.41) is 23.1. The van der Waals surface area contributed by atoms with Crippen LogP contribution < -0.4 is 4.74 Å². The number of benzene rings is 3. The lowest BCUT2D eigenvalue weighted by Crippen LogP contribution is -2.69. The molecule has 8 nitrogen and oxygen atoms in total. The number of phenolic OH excluding ortho intramolecular Hbond substituents is 1. The number of aromatic hydroxyl groups is 1. The van der Waals surface area contributed by atoms with Gasteiger partial charge in [-0.15, -0.1) is 0 Å². The second kappa shape index (κ2) is 11.1. The number of halogens is 3. The van der Waals surface area contributed by atoms with Gasteiger partial charge in [0.1, 0.15) is 6.10 Å². The topological polar surface area (TPSA) is 96.2 Å². The molecule has 2 aliphatic carbocycles. The lowest BCUT2D eigenvalue weighted by Gasteiger charge is -2.60. The highest BCUT2D eigenvalue weighted by Crippen LogP contribution is 2.64. The van der Waals surface area contributed by atoms with E-state index in [-0.39, 0.29) is 35.2 Å². The fraction of sp³-hybridized carbons (Fsp3) is 0.400. The van der Waals surface area contributed by atoms with Crippen LogP contribution in [0.3, 0.4) is 0 Å². The van der Waals surface area contributed by atoms with Gasteiger partial charge in [0.2, 0.25) is 0 Å². The molecule has 2 aliphatic heterocycles. The van der Waals surface area contributed by atoms with E-state index in [1.165, 1.54) is 12.1 Å². The van der Waals surface area contributed by atoms with Gasteiger partial charge >= 0.3 is 6.18 Å². The second-order valence-corrected chi connectivity index (χ2v) is 12.7. The Balaban J connectivity index is 1.17. The lowest BCUT2D eigenvalue weighted by molar-refractivity contribution is -0.530. The monoisotopic (exact) mass is 631 g/mol. The summed E-state index contributed by atoms with van der Waals surface area (Å²) in [6.07, 6.45) is -2.23. The maximum atomic E-state index is 13.4. The molecule has 0 radical (unpaired) electrons. The molecule has 46 heavy (non-hydrogen) atoms. The highest BCUT2D eigenvalue weighted by atomic mass is 19.4. The number of carbonyl (C=O) groups excluding carboxylic acids is 1. The van der Waals surface area contributed by atoms with Gasteiger partial charge in [-0.1, -0.05) is 42.3 Å². The number of hydrogen-bond donors (Lipinski definition) is 1. The van der Waals surface area contributed by atoms with Crippen LogP contribution in [0.15, 0.2) is 66.7 Å². The van der Waals surface area contributed by atoms with Crippen molar-refractivity contribution in [1.29, 1.82) is 0 Å². The van der Waals surface area contributed by atoms with E-state index in [0.717, 1.165) is 29.7 Å². The number of phenols is 1. The van der Waals surface area contributed by atoms with E-state index in [1.807, 2.05) is 24.3 Å². The number of alkyl halides is 3. The van der Waals surface area contributed by atoms with Crippen LogP contribution in [-0.4, -0.2) is 64.1 Å². The standard InChI is InChI=1S/C35H32F3N3O5/c1-39(30(43)16-9-21-7-11-24(12-8-21)35(36,37)38)26-14-13-25-27-19-23-10-15-29(42)32-31(23)34(25,33(26)46-32)17-18-40(27)20-28(41(44)45)22-5-3-2-4-6-22/h2-8,10-12,15,25-28,33,42H,13-14,17-20H2,1H3/t25-,26+,27+,28?,33-,34-/m0/s1. The zero-order valence-electron chi connectivity index (χ0n) is 25.0. The number of rotatable bonds is 5. The first kappa shape index (κ1) is 30.1. The number of likely N-dealkylation sites (N-methyl/N-ethyl adjacent to an activating group) is 1. The van der Waals surface area contributed by atoms with Crippen molar-refractivity contribution in [2.45, 2.75) is 61.5 Å². The number of ether oxygens (including phenoxy) is 1. The van der Waals surface area contributed by atoms with Crippen LogP contribution in [0.2, 0.25) is 0 Å². The van der Waals surface area contributed by atoms with Crippen LogP contribution in [0.4, 0.5) is 13.2 Å². The zero-order chi connectivity index (χ0) is 32.4. The Morgan fingerprint density at radius 3 is 2.59 bits per heavy atom. The number of likely N-dealkylation sites (tertiary alicyclic amines) is 1. The minimum Gasteiger partial charge on any atom is -0.504 e. The summed E-state index contributed by atoms with van der Waals surface area (Å²) in [5.41, 5.74) is 1.73. The minimum absolute atomic E-state index is 0.0235. The van der Waals surface area contributed by atoms with E-state index in [9.17, 15) is 33.2 Å². The highest BCUT2D eigenvalue weighted by molar-refractivity contribution is 5.94. The van der Waals surface area contributed by atoms with Crippen LogP contribution in [-0.2, 0) is 22.8 Å². The van der Waals surface area contributed by atoms with E-state index >= 15 is 0 Å². The predicted molar refractivity (Wildman–Crippen MR) is 162 cm³/mol. The summed E-state index contributed by atoms with van der Waals surface area (Å²) in [5.74, 6) is 5.41. The van der Waals surface area contributed by atoms with Crippen LogP contribution in [0, 0.1) is 27.9 Å². The average molecular weight is 632 g/mol. The molecule has 11 heteroatoms. The maximum Gasteiger partial charge on any atom is 0.416 e. The number of amides is 1. The zero-order valence-corrected chi connectivity index (χ0v) is 25.0. The number of nitro groups is 1. The van der Waals surface area contributed by atoms with Gasteiger partial charge in [0.05, 0.1) is 18.2 Å². The Morgan fingerprint density at radius 1 is 1.15 bits per heavy atom. The summed E-state index contributed by atoms with van der Waals surface area (Å²) in [7, 11) is 1.66. The average Bonchev–Trinajstić information content (AvgIpc) is 3.39. The largest absolute Gasteiger partial charge is 0.504 e. The van der Waals surface area contributed by atoms with Crippen molar-refractivity contribution in [3.8, 4) is 23.3 Å².